The third-order valence-electron chi connectivity index (χ3n) is 14.4. The van der Waals surface area contributed by atoms with Crippen LogP contribution in [-0.4, -0.2) is 88.0 Å². The van der Waals surface area contributed by atoms with E-state index in [1.807, 2.05) is 75.8 Å². The molecule has 1 aliphatic carbocycles. The number of likely N-dealkylation sites (tertiary alicyclic amines) is 2. The van der Waals surface area contributed by atoms with Gasteiger partial charge in [0.25, 0.3) is 5.56 Å². The van der Waals surface area contributed by atoms with Gasteiger partial charge in [-0.3, -0.25) is 23.9 Å². The summed E-state index contributed by atoms with van der Waals surface area (Å²) in [6, 6.07) is 19.5. The second-order valence-corrected chi connectivity index (χ2v) is 22.7. The molecule has 0 unspecified atom stereocenters. The summed E-state index contributed by atoms with van der Waals surface area (Å²) in [7, 11) is 0. The van der Waals surface area contributed by atoms with Crippen LogP contribution in [0.5, 0.6) is 0 Å². The summed E-state index contributed by atoms with van der Waals surface area (Å²) in [5, 5.41) is 23.7. The highest BCUT2D eigenvalue weighted by Gasteiger charge is 2.48. The molecule has 10 rings (SSSR count). The number of aromatic nitrogens is 6. The number of fused-ring (bicyclic) bond motifs is 7. The first-order valence-electron chi connectivity index (χ1n) is 23.1. The minimum atomic E-state index is -0.825. The number of nitrogens with one attached hydrogen (secondary N) is 1. The number of piperidine rings is 1. The number of amides is 2. The Morgan fingerprint density at radius 2 is 1.80 bits per heavy atom. The van der Waals surface area contributed by atoms with E-state index in [2.05, 4.69) is 92.9 Å². The number of aliphatic hydroxyl groups excluding tert-OH is 1. The summed E-state index contributed by atoms with van der Waals surface area (Å²) < 4.78 is 4.38. The van der Waals surface area contributed by atoms with Crippen molar-refractivity contribution in [3.05, 3.63) is 121 Å². The lowest BCUT2D eigenvalue weighted by atomic mass is 9.69. The zero-order valence-electron chi connectivity index (χ0n) is 37.7. The minimum absolute atomic E-state index is 0.0669. The van der Waals surface area contributed by atoms with Crippen molar-refractivity contribution in [3.63, 3.8) is 0 Å². The van der Waals surface area contributed by atoms with Gasteiger partial charge >= 0.3 is 0 Å². The van der Waals surface area contributed by atoms with Gasteiger partial charge in [-0.05, 0) is 113 Å². The van der Waals surface area contributed by atoms with E-state index in [0.29, 0.717) is 17.8 Å². The summed E-state index contributed by atoms with van der Waals surface area (Å²) in [5.74, 6) is 0.715. The summed E-state index contributed by atoms with van der Waals surface area (Å²) in [6.45, 7) is 10.4. The second-order valence-electron chi connectivity index (χ2n) is 19.8. The molecule has 344 valence electrons. The maximum Gasteiger partial charge on any atom is 0.281 e. The summed E-state index contributed by atoms with van der Waals surface area (Å²) in [5.41, 5.74) is 9.32. The quantitative estimate of drug-likeness (QED) is 0.0822. The number of nitrogens with zero attached hydrogens (tertiary/aromatic N) is 8. The molecule has 6 aromatic rings. The molecule has 2 N–H and O–H groups in total. The predicted molar refractivity (Wildman–Crippen MR) is 268 cm³/mol. The number of β-amino-alcohol motifs (C(OH)–C–C–N with tert-alkyl or cyclic N) is 1. The SMILES string of the molecule is Cc1ncsc1-c1ccc([C@H](I)NC(=O)[C@@H]2C[C@@H](O)CN2C(=O)[C@@H](n2cc(CN3CCC(c4ccc5c(c4)-n4c(nc(=O)c6c(Br)cccc64)C54CCCCC4)CC3)nn2)C(C)(C)C)cc1. The highest BCUT2D eigenvalue weighted by atomic mass is 127. The van der Waals surface area contributed by atoms with Crippen molar-refractivity contribution in [3.8, 4) is 16.1 Å². The molecule has 16 heteroatoms. The molecule has 4 aliphatic rings. The number of hydrogen-bond donors (Lipinski definition) is 2. The number of carbonyl (C=O) groups is 2. The minimum Gasteiger partial charge on any atom is -0.391 e. The van der Waals surface area contributed by atoms with Crippen LogP contribution >= 0.6 is 49.9 Å². The Balaban J connectivity index is 0.812. The van der Waals surface area contributed by atoms with Crippen LogP contribution in [0, 0.1) is 12.3 Å². The van der Waals surface area contributed by atoms with Crippen LogP contribution in [0.25, 0.3) is 27.0 Å². The Hall–Kier alpha value is -4.36. The fourth-order valence-corrected chi connectivity index (χ4v) is 13.2. The monoisotopic (exact) mass is 1080 g/mol. The highest BCUT2D eigenvalue weighted by molar-refractivity contribution is 14.1. The van der Waals surface area contributed by atoms with Crippen LogP contribution in [0.4, 0.5) is 0 Å². The Bertz CT molecular complexity index is 2880. The largest absolute Gasteiger partial charge is 0.391 e. The molecule has 0 bridgehead atoms. The number of halogens is 2. The van der Waals surface area contributed by atoms with Crippen molar-refractivity contribution >= 4 is 72.6 Å². The van der Waals surface area contributed by atoms with Crippen LogP contribution in [0.3, 0.4) is 0 Å². The molecule has 3 aromatic heterocycles. The number of carbonyl (C=O) groups excluding carboxylic acids is 2. The van der Waals surface area contributed by atoms with Gasteiger partial charge in [0, 0.05) is 24.0 Å². The number of rotatable bonds is 9. The molecule has 2 saturated heterocycles. The average molecular weight is 1080 g/mol. The van der Waals surface area contributed by atoms with E-state index in [1.54, 1.807) is 16.0 Å². The fraction of sp³-hybridized carbons (Fsp3) is 0.460. The zero-order valence-corrected chi connectivity index (χ0v) is 42.3. The third kappa shape index (κ3) is 8.25. The van der Waals surface area contributed by atoms with Gasteiger partial charge in [-0.25, -0.2) is 9.67 Å². The molecule has 66 heavy (non-hydrogen) atoms. The van der Waals surface area contributed by atoms with Gasteiger partial charge in [0.2, 0.25) is 11.8 Å². The molecule has 3 fully saturated rings. The first-order chi connectivity index (χ1) is 31.7. The number of hydrogen-bond acceptors (Lipinski definition) is 10. The van der Waals surface area contributed by atoms with Crippen LogP contribution < -0.4 is 10.9 Å². The first kappa shape index (κ1) is 45.4. The van der Waals surface area contributed by atoms with Gasteiger partial charge < -0.3 is 15.3 Å². The van der Waals surface area contributed by atoms with Gasteiger partial charge in [-0.15, -0.1) is 16.4 Å². The van der Waals surface area contributed by atoms with E-state index in [0.717, 1.165) is 101 Å². The first-order valence-corrected chi connectivity index (χ1v) is 26.0. The van der Waals surface area contributed by atoms with Crippen molar-refractivity contribution in [2.24, 2.45) is 5.41 Å². The van der Waals surface area contributed by atoms with E-state index in [-0.39, 0.29) is 39.8 Å². The second kappa shape index (κ2) is 17.9. The normalized spacial score (nSPS) is 20.7. The third-order valence-corrected chi connectivity index (χ3v) is 17.1. The maximum atomic E-state index is 14.6. The lowest BCUT2D eigenvalue weighted by molar-refractivity contribution is -0.144. The van der Waals surface area contributed by atoms with Crippen molar-refractivity contribution in [1.29, 1.82) is 0 Å². The number of alkyl halides is 1. The molecule has 13 nitrogen and oxygen atoms in total. The summed E-state index contributed by atoms with van der Waals surface area (Å²) >= 11 is 7.45. The fourth-order valence-electron chi connectivity index (χ4n) is 11.1. The average Bonchev–Trinajstić information content (AvgIpc) is 4.09. The number of thiazole rings is 1. The Labute approximate surface area is 410 Å². The van der Waals surface area contributed by atoms with Crippen LogP contribution in [-0.2, 0) is 21.5 Å². The van der Waals surface area contributed by atoms with Crippen LogP contribution in [0.2, 0.25) is 0 Å². The Kier molecular flexibility index (Phi) is 12.3. The van der Waals surface area contributed by atoms with E-state index >= 15 is 0 Å². The van der Waals surface area contributed by atoms with E-state index in [1.165, 1.54) is 22.4 Å². The molecule has 3 aromatic carbocycles. The van der Waals surface area contributed by atoms with Crippen molar-refractivity contribution in [1.82, 2.24) is 44.6 Å². The zero-order chi connectivity index (χ0) is 46.1. The van der Waals surface area contributed by atoms with Crippen molar-refractivity contribution < 1.29 is 14.7 Å². The van der Waals surface area contributed by atoms with Crippen LogP contribution in [0.1, 0.15) is 122 Å². The smallest absolute Gasteiger partial charge is 0.281 e. The molecule has 2 amide bonds. The van der Waals surface area contributed by atoms with Gasteiger partial charge in [0.1, 0.15) is 22.0 Å². The number of aliphatic hydroxyl groups is 1. The highest BCUT2D eigenvalue weighted by Crippen LogP contribution is 2.52. The Morgan fingerprint density at radius 3 is 2.52 bits per heavy atom. The maximum absolute atomic E-state index is 14.6. The van der Waals surface area contributed by atoms with E-state index in [9.17, 15) is 19.5 Å². The van der Waals surface area contributed by atoms with Gasteiger partial charge in [0.15, 0.2) is 0 Å². The topological polar surface area (TPSA) is 151 Å². The molecule has 1 spiro atoms. The molecule has 0 radical (unpaired) electrons. The molecule has 3 aliphatic heterocycles. The van der Waals surface area contributed by atoms with Gasteiger partial charge in [0.05, 0.1) is 56.1 Å². The van der Waals surface area contributed by atoms with Gasteiger partial charge in [-0.2, -0.15) is 4.98 Å². The lowest BCUT2D eigenvalue weighted by Gasteiger charge is -2.35. The predicted octanol–water partition coefficient (Wildman–Crippen LogP) is 8.91. The molecular weight excluding hydrogens is 1030 g/mol. The Morgan fingerprint density at radius 1 is 1.05 bits per heavy atom. The van der Waals surface area contributed by atoms with E-state index in [4.69, 9.17) is 4.98 Å². The molecule has 4 atom stereocenters. The standard InChI is InChI=1S/C50H55BrIN9O4S/c1-29-42(66-28-53-29)31-11-13-32(14-12-31)44(52)54-45(63)40-24-35(62)27-59(40)47(65)43(49(2,3)4)60-26-34(56-57-60)25-58-21-17-30(18-22-58)33-15-16-36-39(23-33)61-38-10-8-9-37(51)41(38)46(64)55-48(61)50(36)19-6-5-7-20-50/h8-16,23,26,28,30,35,40,43-44,62H,5-7,17-22,24-25,27H2,1-4H3,(H,54,63)/t35-,40+,43-,44-/m1/s1. The van der Waals surface area contributed by atoms with Crippen molar-refractivity contribution in [2.75, 3.05) is 19.6 Å². The van der Waals surface area contributed by atoms with E-state index < -0.39 is 23.6 Å². The number of benzene rings is 3. The summed E-state index contributed by atoms with van der Waals surface area (Å²) in [4.78, 5) is 56.2. The van der Waals surface area contributed by atoms with Crippen molar-refractivity contribution in [2.45, 2.75) is 119 Å². The molecule has 6 heterocycles. The molecule has 1 saturated carbocycles. The molecular formula is C50H55BrIN9O4S. The number of aryl methyl sites for hydroxylation is 1. The summed E-state index contributed by atoms with van der Waals surface area (Å²) in [6.07, 6.45) is 8.65. The van der Waals surface area contributed by atoms with Crippen LogP contribution in [0.15, 0.2) is 81.6 Å². The lowest BCUT2D eigenvalue weighted by Crippen LogP contribution is -2.50. The van der Waals surface area contributed by atoms with Gasteiger partial charge in [-0.1, -0.05) is 110 Å².